The average Bonchev–Trinajstić information content (AvgIpc) is 2.87. The molecule has 24 heavy (non-hydrogen) atoms. The minimum atomic E-state index is -0.249. The highest BCUT2D eigenvalue weighted by Gasteiger charge is 2.14. The molecule has 0 amide bonds. The van der Waals surface area contributed by atoms with Crippen LogP contribution in [0.3, 0.4) is 0 Å². The molecule has 0 aliphatic rings. The first-order valence-electron chi connectivity index (χ1n) is 7.49. The van der Waals surface area contributed by atoms with Crippen LogP contribution in [0.1, 0.15) is 16.8 Å². The molecule has 1 heterocycles. The van der Waals surface area contributed by atoms with Gasteiger partial charge in [0.25, 0.3) is 0 Å². The SMILES string of the molecule is Cc1c(C=C(C#N)C#N)c2ccccc2n1Cc1ccccc1F. The summed E-state index contributed by atoms with van der Waals surface area (Å²) in [6, 6.07) is 18.2. The third-order valence-corrected chi connectivity index (χ3v) is 4.10. The molecule has 3 aromatic rings. The van der Waals surface area contributed by atoms with Crippen molar-refractivity contribution < 1.29 is 4.39 Å². The van der Waals surface area contributed by atoms with Gasteiger partial charge in [0.15, 0.2) is 0 Å². The molecule has 3 rings (SSSR count). The Labute approximate surface area is 139 Å². The highest BCUT2D eigenvalue weighted by Crippen LogP contribution is 2.29. The fourth-order valence-electron chi connectivity index (χ4n) is 2.87. The van der Waals surface area contributed by atoms with E-state index >= 15 is 0 Å². The lowest BCUT2D eigenvalue weighted by atomic mass is 10.1. The highest BCUT2D eigenvalue weighted by molar-refractivity contribution is 5.92. The minimum Gasteiger partial charge on any atom is -0.340 e. The fourth-order valence-corrected chi connectivity index (χ4v) is 2.87. The van der Waals surface area contributed by atoms with Crippen LogP contribution in [0.25, 0.3) is 17.0 Å². The van der Waals surface area contributed by atoms with Crippen LogP contribution in [0, 0.1) is 35.4 Å². The Morgan fingerprint density at radius 2 is 1.75 bits per heavy atom. The molecule has 3 nitrogen and oxygen atoms in total. The molecule has 0 aliphatic carbocycles. The first-order chi connectivity index (χ1) is 11.7. The normalized spacial score (nSPS) is 10.2. The largest absolute Gasteiger partial charge is 0.340 e. The Morgan fingerprint density at radius 3 is 2.46 bits per heavy atom. The fraction of sp³-hybridized carbons (Fsp3) is 0.100. The van der Waals surface area contributed by atoms with E-state index in [0.717, 1.165) is 22.2 Å². The molecule has 0 aliphatic heterocycles. The van der Waals surface area contributed by atoms with Gasteiger partial charge in [-0.25, -0.2) is 4.39 Å². The highest BCUT2D eigenvalue weighted by atomic mass is 19.1. The van der Waals surface area contributed by atoms with E-state index in [2.05, 4.69) is 0 Å². The molecule has 0 saturated heterocycles. The molecule has 4 heteroatoms. The van der Waals surface area contributed by atoms with Gasteiger partial charge in [0.05, 0.1) is 6.54 Å². The molecule has 0 radical (unpaired) electrons. The first kappa shape index (κ1) is 15.5. The zero-order chi connectivity index (χ0) is 17.1. The van der Waals surface area contributed by atoms with E-state index in [1.54, 1.807) is 18.2 Å². The Balaban J connectivity index is 2.22. The lowest BCUT2D eigenvalue weighted by molar-refractivity contribution is 0.600. The van der Waals surface area contributed by atoms with E-state index in [1.165, 1.54) is 6.07 Å². The molecular weight excluding hydrogens is 301 g/mol. The summed E-state index contributed by atoms with van der Waals surface area (Å²) in [6.45, 7) is 2.31. The van der Waals surface area contributed by atoms with Crippen LogP contribution in [0.4, 0.5) is 4.39 Å². The molecule has 0 saturated carbocycles. The predicted octanol–water partition coefficient (Wildman–Crippen LogP) is 4.57. The van der Waals surface area contributed by atoms with Gasteiger partial charge in [-0.15, -0.1) is 0 Å². The Bertz CT molecular complexity index is 1010. The number of nitriles is 2. The van der Waals surface area contributed by atoms with E-state index in [0.29, 0.717) is 12.1 Å². The third-order valence-electron chi connectivity index (χ3n) is 4.10. The Hall–Kier alpha value is -3.37. The van der Waals surface area contributed by atoms with Crippen molar-refractivity contribution in [3.05, 3.63) is 76.7 Å². The van der Waals surface area contributed by atoms with Crippen molar-refractivity contribution >= 4 is 17.0 Å². The van der Waals surface area contributed by atoms with E-state index in [9.17, 15) is 4.39 Å². The molecule has 0 bridgehead atoms. The van der Waals surface area contributed by atoms with Crippen LogP contribution >= 0.6 is 0 Å². The first-order valence-corrected chi connectivity index (χ1v) is 7.49. The van der Waals surface area contributed by atoms with Crippen molar-refractivity contribution in [1.29, 1.82) is 10.5 Å². The summed E-state index contributed by atoms with van der Waals surface area (Å²) in [5, 5.41) is 19.0. The maximum absolute atomic E-state index is 14.0. The number of benzene rings is 2. The van der Waals surface area contributed by atoms with Gasteiger partial charge in [-0.05, 0) is 25.1 Å². The predicted molar refractivity (Wildman–Crippen MR) is 91.4 cm³/mol. The number of rotatable bonds is 3. The lowest BCUT2D eigenvalue weighted by Crippen LogP contribution is -2.03. The van der Waals surface area contributed by atoms with Crippen molar-refractivity contribution in [3.8, 4) is 12.1 Å². The summed E-state index contributed by atoms with van der Waals surface area (Å²) in [4.78, 5) is 0. The van der Waals surface area contributed by atoms with Crippen LogP contribution in [0.5, 0.6) is 0 Å². The van der Waals surface area contributed by atoms with Crippen LogP contribution in [0.2, 0.25) is 0 Å². The molecular formula is C20H14FN3. The number of halogens is 1. The van der Waals surface area contributed by atoms with Crippen LogP contribution < -0.4 is 0 Å². The summed E-state index contributed by atoms with van der Waals surface area (Å²) in [5.41, 5.74) is 3.30. The van der Waals surface area contributed by atoms with Gasteiger partial charge in [0.1, 0.15) is 23.5 Å². The van der Waals surface area contributed by atoms with Crippen molar-refractivity contribution in [2.75, 3.05) is 0 Å². The van der Waals surface area contributed by atoms with Crippen molar-refractivity contribution in [1.82, 2.24) is 4.57 Å². The maximum Gasteiger partial charge on any atom is 0.130 e. The second kappa shape index (κ2) is 6.40. The van der Waals surface area contributed by atoms with Gasteiger partial charge in [-0.2, -0.15) is 10.5 Å². The van der Waals surface area contributed by atoms with E-state index in [1.807, 2.05) is 54.0 Å². The van der Waals surface area contributed by atoms with Crippen molar-refractivity contribution in [2.45, 2.75) is 13.5 Å². The number of nitrogens with zero attached hydrogens (tertiary/aromatic N) is 3. The number of fused-ring (bicyclic) bond motifs is 1. The smallest absolute Gasteiger partial charge is 0.130 e. The van der Waals surface area contributed by atoms with Crippen molar-refractivity contribution in [2.24, 2.45) is 0 Å². The Morgan fingerprint density at radius 1 is 1.08 bits per heavy atom. The summed E-state index contributed by atoms with van der Waals surface area (Å²) < 4.78 is 16.0. The zero-order valence-corrected chi connectivity index (χ0v) is 13.1. The van der Waals surface area contributed by atoms with E-state index in [4.69, 9.17) is 10.5 Å². The van der Waals surface area contributed by atoms with Gasteiger partial charge in [-0.3, -0.25) is 0 Å². The van der Waals surface area contributed by atoms with Gasteiger partial charge >= 0.3 is 0 Å². The molecule has 2 aromatic carbocycles. The van der Waals surface area contributed by atoms with E-state index < -0.39 is 0 Å². The van der Waals surface area contributed by atoms with Crippen LogP contribution in [0.15, 0.2) is 54.1 Å². The number of hydrogen-bond donors (Lipinski definition) is 0. The monoisotopic (exact) mass is 315 g/mol. The molecule has 0 fully saturated rings. The standard InChI is InChI=1S/C20H14FN3/c1-14-18(10-15(11-22)12-23)17-7-3-5-9-20(17)24(14)13-16-6-2-4-8-19(16)21/h2-10H,13H2,1H3. The molecule has 0 spiro atoms. The molecule has 1 aromatic heterocycles. The number of hydrogen-bond acceptors (Lipinski definition) is 2. The molecule has 116 valence electrons. The molecule has 0 unspecified atom stereocenters. The van der Waals surface area contributed by atoms with Gasteiger partial charge in [-0.1, -0.05) is 36.4 Å². The summed E-state index contributed by atoms with van der Waals surface area (Å²) in [7, 11) is 0. The summed E-state index contributed by atoms with van der Waals surface area (Å²) in [6.07, 6.45) is 1.59. The molecule has 0 N–H and O–H groups in total. The van der Waals surface area contributed by atoms with E-state index in [-0.39, 0.29) is 11.4 Å². The van der Waals surface area contributed by atoms with Gasteiger partial charge in [0, 0.05) is 27.7 Å². The summed E-state index contributed by atoms with van der Waals surface area (Å²) >= 11 is 0. The zero-order valence-electron chi connectivity index (χ0n) is 13.1. The van der Waals surface area contributed by atoms with Crippen LogP contribution in [-0.2, 0) is 6.54 Å². The second-order valence-corrected chi connectivity index (χ2v) is 5.48. The number of allylic oxidation sites excluding steroid dienone is 1. The lowest BCUT2D eigenvalue weighted by Gasteiger charge is -2.09. The van der Waals surface area contributed by atoms with Gasteiger partial charge < -0.3 is 4.57 Å². The minimum absolute atomic E-state index is 0.0481. The number of aromatic nitrogens is 1. The summed E-state index contributed by atoms with van der Waals surface area (Å²) in [5.74, 6) is -0.249. The third kappa shape index (κ3) is 2.66. The van der Waals surface area contributed by atoms with Crippen LogP contribution in [-0.4, -0.2) is 4.57 Å². The second-order valence-electron chi connectivity index (χ2n) is 5.48. The topological polar surface area (TPSA) is 52.5 Å². The Kier molecular flexibility index (Phi) is 4.14. The molecule has 0 atom stereocenters. The number of para-hydroxylation sites is 1. The van der Waals surface area contributed by atoms with Gasteiger partial charge in [0.2, 0.25) is 0 Å². The average molecular weight is 315 g/mol. The quantitative estimate of drug-likeness (QED) is 0.665. The van der Waals surface area contributed by atoms with Crippen molar-refractivity contribution in [3.63, 3.8) is 0 Å². The maximum atomic E-state index is 14.0.